The van der Waals surface area contributed by atoms with Crippen molar-refractivity contribution < 1.29 is 12.9 Å². The molecule has 0 radical (unpaired) electrons. The maximum atomic E-state index is 12.0. The molecule has 72 valence electrons. The molecule has 0 fully saturated rings. The van der Waals surface area contributed by atoms with Gasteiger partial charge in [0.05, 0.1) is 0 Å². The standard InChI is InChI=1S/C7H14BF3N/c1-6(2)12(4)5-7(3)8(9,10)11/h6H,3,5H2,1-2,4H3/q-1. The Bertz CT molecular complexity index is 165. The monoisotopic (exact) mass is 180 g/mol. The normalized spacial score (nSPS) is 12.7. The van der Waals surface area contributed by atoms with E-state index in [2.05, 4.69) is 6.58 Å². The number of halogens is 3. The minimum atomic E-state index is -4.87. The second-order valence-electron chi connectivity index (χ2n) is 3.24. The molecule has 0 N–H and O–H groups in total. The highest BCUT2D eigenvalue weighted by Crippen LogP contribution is 2.18. The summed E-state index contributed by atoms with van der Waals surface area (Å²) in [4.78, 5) is 1.61. The summed E-state index contributed by atoms with van der Waals surface area (Å²) in [7, 11) is 1.65. The Labute approximate surface area is 71.3 Å². The maximum absolute atomic E-state index is 12.0. The Morgan fingerprint density at radius 2 is 1.83 bits per heavy atom. The zero-order valence-electron chi connectivity index (χ0n) is 7.65. The van der Waals surface area contributed by atoms with E-state index in [-0.39, 0.29) is 12.6 Å². The van der Waals surface area contributed by atoms with E-state index in [9.17, 15) is 12.9 Å². The quantitative estimate of drug-likeness (QED) is 0.599. The van der Waals surface area contributed by atoms with Gasteiger partial charge in [-0.25, -0.2) is 0 Å². The van der Waals surface area contributed by atoms with Crippen molar-refractivity contribution in [1.29, 1.82) is 0 Å². The third-order valence-electron chi connectivity index (χ3n) is 1.80. The van der Waals surface area contributed by atoms with Crippen LogP contribution in [0.25, 0.3) is 0 Å². The van der Waals surface area contributed by atoms with Gasteiger partial charge in [-0.15, -0.1) is 12.1 Å². The molecule has 0 aliphatic heterocycles. The van der Waals surface area contributed by atoms with Gasteiger partial charge < -0.3 is 17.8 Å². The van der Waals surface area contributed by atoms with Crippen molar-refractivity contribution in [2.75, 3.05) is 13.6 Å². The third kappa shape index (κ3) is 3.81. The number of hydrogen-bond acceptors (Lipinski definition) is 1. The Morgan fingerprint density at radius 1 is 1.42 bits per heavy atom. The average Bonchev–Trinajstić information content (AvgIpc) is 1.85. The predicted octanol–water partition coefficient (Wildman–Crippen LogP) is 2.27. The second kappa shape index (κ2) is 3.98. The average molecular weight is 180 g/mol. The van der Waals surface area contributed by atoms with Crippen LogP contribution in [0, 0.1) is 0 Å². The van der Waals surface area contributed by atoms with Crippen LogP contribution in [0.1, 0.15) is 13.8 Å². The van der Waals surface area contributed by atoms with Crippen LogP contribution in [0.3, 0.4) is 0 Å². The molecule has 0 aliphatic rings. The smallest absolute Gasteiger partial charge is 0.445 e. The zero-order valence-corrected chi connectivity index (χ0v) is 7.65. The minimum absolute atomic E-state index is 0.0961. The predicted molar refractivity (Wildman–Crippen MR) is 46.0 cm³/mol. The van der Waals surface area contributed by atoms with Crippen molar-refractivity contribution in [3.05, 3.63) is 12.1 Å². The summed E-state index contributed by atoms with van der Waals surface area (Å²) < 4.78 is 36.0. The molecule has 0 aromatic rings. The van der Waals surface area contributed by atoms with Gasteiger partial charge in [-0.1, -0.05) is 0 Å². The number of hydrogen-bond donors (Lipinski definition) is 0. The third-order valence-corrected chi connectivity index (χ3v) is 1.80. The summed E-state index contributed by atoms with van der Waals surface area (Å²) in [6.45, 7) is 1.74. The van der Waals surface area contributed by atoms with Crippen LogP contribution in [-0.4, -0.2) is 31.5 Å². The van der Waals surface area contributed by atoms with Crippen LogP contribution in [0.15, 0.2) is 12.1 Å². The van der Waals surface area contributed by atoms with E-state index < -0.39 is 12.4 Å². The van der Waals surface area contributed by atoms with Crippen molar-refractivity contribution >= 4 is 6.98 Å². The first-order chi connectivity index (χ1) is 5.25. The van der Waals surface area contributed by atoms with E-state index in [1.807, 2.05) is 13.8 Å². The number of nitrogens with zero attached hydrogens (tertiary/aromatic N) is 1. The first-order valence-corrected chi connectivity index (χ1v) is 3.83. The molecule has 0 saturated heterocycles. The van der Waals surface area contributed by atoms with Crippen molar-refractivity contribution in [3.8, 4) is 0 Å². The molecule has 0 aliphatic carbocycles. The Kier molecular flexibility index (Phi) is 3.83. The van der Waals surface area contributed by atoms with E-state index in [4.69, 9.17) is 0 Å². The summed E-state index contributed by atoms with van der Waals surface area (Å²) in [5.41, 5.74) is -0.633. The van der Waals surface area contributed by atoms with Crippen molar-refractivity contribution in [3.63, 3.8) is 0 Å². The lowest BCUT2D eigenvalue weighted by molar-refractivity contribution is 0.295. The van der Waals surface area contributed by atoms with Crippen molar-refractivity contribution in [2.24, 2.45) is 0 Å². The maximum Gasteiger partial charge on any atom is 0.506 e. The van der Waals surface area contributed by atoms with Gasteiger partial charge in [0, 0.05) is 6.04 Å². The van der Waals surface area contributed by atoms with Gasteiger partial charge in [0.15, 0.2) is 0 Å². The van der Waals surface area contributed by atoms with Gasteiger partial charge >= 0.3 is 6.98 Å². The van der Waals surface area contributed by atoms with E-state index in [0.29, 0.717) is 0 Å². The van der Waals surface area contributed by atoms with Crippen molar-refractivity contribution in [2.45, 2.75) is 19.9 Å². The summed E-state index contributed by atoms with van der Waals surface area (Å²) in [6.07, 6.45) is 0. The lowest BCUT2D eigenvalue weighted by Crippen LogP contribution is -2.34. The Hall–Kier alpha value is -0.445. The highest BCUT2D eigenvalue weighted by molar-refractivity contribution is 6.66. The van der Waals surface area contributed by atoms with Gasteiger partial charge in [-0.05, 0) is 27.4 Å². The molecule has 0 atom stereocenters. The molecule has 0 amide bonds. The highest BCUT2D eigenvalue weighted by atomic mass is 19.4. The summed E-state index contributed by atoms with van der Waals surface area (Å²) in [6, 6.07) is 0.111. The molecular formula is C7H14BF3N-. The van der Waals surface area contributed by atoms with Gasteiger partial charge in [-0.2, -0.15) is 0 Å². The summed E-state index contributed by atoms with van der Waals surface area (Å²) in [5, 5.41) is 0. The Balaban J connectivity index is 4.02. The van der Waals surface area contributed by atoms with E-state index >= 15 is 0 Å². The first-order valence-electron chi connectivity index (χ1n) is 3.83. The highest BCUT2D eigenvalue weighted by Gasteiger charge is 2.27. The molecule has 0 aromatic heterocycles. The SMILES string of the molecule is C=C(CN(C)C(C)C)[B-](F)(F)F. The number of rotatable bonds is 4. The lowest BCUT2D eigenvalue weighted by Gasteiger charge is -2.26. The molecule has 1 nitrogen and oxygen atoms in total. The van der Waals surface area contributed by atoms with Gasteiger partial charge in [-0.3, -0.25) is 0 Å². The molecule has 5 heteroatoms. The van der Waals surface area contributed by atoms with E-state index in [1.165, 1.54) is 0 Å². The molecule has 0 rings (SSSR count). The fraction of sp³-hybridized carbons (Fsp3) is 0.714. The van der Waals surface area contributed by atoms with Crippen molar-refractivity contribution in [1.82, 2.24) is 4.90 Å². The zero-order chi connectivity index (χ0) is 9.94. The molecular weight excluding hydrogens is 166 g/mol. The van der Waals surface area contributed by atoms with Crippen LogP contribution in [0.5, 0.6) is 0 Å². The van der Waals surface area contributed by atoms with Crippen LogP contribution < -0.4 is 0 Å². The van der Waals surface area contributed by atoms with Crippen LogP contribution in [-0.2, 0) is 0 Å². The second-order valence-corrected chi connectivity index (χ2v) is 3.24. The molecule has 0 aromatic carbocycles. The summed E-state index contributed by atoms with van der Waals surface area (Å²) in [5.74, 6) is 0. The lowest BCUT2D eigenvalue weighted by atomic mass is 9.80. The summed E-state index contributed by atoms with van der Waals surface area (Å²) >= 11 is 0. The van der Waals surface area contributed by atoms with Crippen LogP contribution in [0.2, 0.25) is 0 Å². The molecule has 0 spiro atoms. The molecule has 12 heavy (non-hydrogen) atoms. The van der Waals surface area contributed by atoms with Crippen LogP contribution >= 0.6 is 0 Å². The first kappa shape index (κ1) is 11.6. The van der Waals surface area contributed by atoms with E-state index in [0.717, 1.165) is 0 Å². The fourth-order valence-corrected chi connectivity index (χ4v) is 0.606. The fourth-order valence-electron chi connectivity index (χ4n) is 0.606. The van der Waals surface area contributed by atoms with Gasteiger partial charge in [0.2, 0.25) is 0 Å². The molecule has 0 bridgehead atoms. The van der Waals surface area contributed by atoms with E-state index in [1.54, 1.807) is 11.9 Å². The van der Waals surface area contributed by atoms with Gasteiger partial charge in [0.25, 0.3) is 0 Å². The number of likely N-dealkylation sites (N-methyl/N-ethyl adjacent to an activating group) is 1. The Morgan fingerprint density at radius 3 is 2.08 bits per heavy atom. The topological polar surface area (TPSA) is 3.24 Å². The van der Waals surface area contributed by atoms with Crippen LogP contribution in [0.4, 0.5) is 12.9 Å². The molecule has 0 heterocycles. The van der Waals surface area contributed by atoms with Gasteiger partial charge in [0.1, 0.15) is 0 Å². The minimum Gasteiger partial charge on any atom is -0.445 e. The molecule has 0 unspecified atom stereocenters. The largest absolute Gasteiger partial charge is 0.506 e. The molecule has 0 saturated carbocycles.